The minimum absolute atomic E-state index is 0.162. The first kappa shape index (κ1) is 14.1. The molecule has 7 heteroatoms. The molecule has 0 unspecified atom stereocenters. The summed E-state index contributed by atoms with van der Waals surface area (Å²) in [7, 11) is 1.83. The van der Waals surface area contributed by atoms with Gasteiger partial charge < -0.3 is 20.1 Å². The Morgan fingerprint density at radius 1 is 1.36 bits per heavy atom. The van der Waals surface area contributed by atoms with Gasteiger partial charge in [-0.25, -0.2) is 9.78 Å². The molecule has 3 rings (SSSR count). The van der Waals surface area contributed by atoms with Crippen LogP contribution in [0.5, 0.6) is 5.88 Å². The van der Waals surface area contributed by atoms with Gasteiger partial charge in [-0.2, -0.15) is 0 Å². The second-order valence-corrected chi connectivity index (χ2v) is 4.95. The number of likely N-dealkylation sites (tertiary alicyclic amines) is 1. The first-order chi connectivity index (χ1) is 10.7. The molecule has 7 nitrogen and oxygen atoms in total. The van der Waals surface area contributed by atoms with E-state index in [4.69, 9.17) is 9.84 Å². The lowest BCUT2D eigenvalue weighted by molar-refractivity contribution is 0.0231. The van der Waals surface area contributed by atoms with Gasteiger partial charge in [0.2, 0.25) is 5.88 Å². The van der Waals surface area contributed by atoms with Crippen LogP contribution in [-0.4, -0.2) is 52.3 Å². The van der Waals surface area contributed by atoms with Crippen LogP contribution in [0.15, 0.2) is 36.8 Å². The average molecular weight is 300 g/mol. The Bertz CT molecular complexity index is 686. The van der Waals surface area contributed by atoms with Crippen LogP contribution < -0.4 is 10.1 Å². The smallest absolute Gasteiger partial charge is 0.407 e. The van der Waals surface area contributed by atoms with Gasteiger partial charge in [-0.05, 0) is 18.2 Å². The molecule has 0 atom stereocenters. The van der Waals surface area contributed by atoms with Crippen molar-refractivity contribution in [1.82, 2.24) is 14.9 Å². The van der Waals surface area contributed by atoms with Gasteiger partial charge in [0.15, 0.2) is 0 Å². The third-order valence-corrected chi connectivity index (χ3v) is 3.55. The first-order valence-electron chi connectivity index (χ1n) is 6.90. The van der Waals surface area contributed by atoms with Crippen molar-refractivity contribution in [2.24, 2.45) is 0 Å². The number of nitrogens with one attached hydrogen (secondary N) is 1. The Kier molecular flexibility index (Phi) is 3.78. The molecule has 1 fully saturated rings. The zero-order chi connectivity index (χ0) is 15.5. The molecular formula is C15H16N4O3. The van der Waals surface area contributed by atoms with Gasteiger partial charge in [0.1, 0.15) is 6.10 Å². The maximum absolute atomic E-state index is 10.8. The van der Waals surface area contributed by atoms with E-state index in [0.29, 0.717) is 19.0 Å². The van der Waals surface area contributed by atoms with Crippen LogP contribution in [0.4, 0.5) is 10.5 Å². The maximum atomic E-state index is 10.8. The molecule has 114 valence electrons. The summed E-state index contributed by atoms with van der Waals surface area (Å²) in [5, 5.41) is 12.0. The molecular weight excluding hydrogens is 284 g/mol. The number of hydrogen-bond donors (Lipinski definition) is 2. The molecule has 0 bridgehead atoms. The zero-order valence-electron chi connectivity index (χ0n) is 12.1. The predicted molar refractivity (Wildman–Crippen MR) is 81.0 cm³/mol. The molecule has 2 aromatic heterocycles. The summed E-state index contributed by atoms with van der Waals surface area (Å²) >= 11 is 0. The van der Waals surface area contributed by atoms with E-state index >= 15 is 0 Å². The predicted octanol–water partition coefficient (Wildman–Crippen LogP) is 1.93. The van der Waals surface area contributed by atoms with E-state index in [1.54, 1.807) is 18.6 Å². The molecule has 0 aliphatic carbocycles. The quantitative estimate of drug-likeness (QED) is 0.897. The molecule has 1 saturated heterocycles. The molecule has 0 saturated carbocycles. The van der Waals surface area contributed by atoms with Gasteiger partial charge >= 0.3 is 6.09 Å². The minimum Gasteiger partial charge on any atom is -0.470 e. The van der Waals surface area contributed by atoms with Crippen molar-refractivity contribution in [1.29, 1.82) is 0 Å². The summed E-state index contributed by atoms with van der Waals surface area (Å²) in [4.78, 5) is 20.5. The topological polar surface area (TPSA) is 87.6 Å². The van der Waals surface area contributed by atoms with Gasteiger partial charge in [-0.15, -0.1) is 0 Å². The lowest BCUT2D eigenvalue weighted by atomic mass is 10.1. The lowest BCUT2D eigenvalue weighted by Gasteiger charge is -2.36. The average Bonchev–Trinajstić information content (AvgIpc) is 2.50. The molecule has 2 N–H and O–H groups in total. The third-order valence-electron chi connectivity index (χ3n) is 3.55. The summed E-state index contributed by atoms with van der Waals surface area (Å²) in [6.07, 6.45) is 4.02. The summed E-state index contributed by atoms with van der Waals surface area (Å²) in [5.74, 6) is 0.500. The van der Waals surface area contributed by atoms with E-state index < -0.39 is 6.09 Å². The van der Waals surface area contributed by atoms with Crippen LogP contribution in [0.1, 0.15) is 0 Å². The van der Waals surface area contributed by atoms with E-state index in [9.17, 15) is 4.79 Å². The minimum atomic E-state index is -0.923. The van der Waals surface area contributed by atoms with Gasteiger partial charge in [0.05, 0.1) is 25.0 Å². The van der Waals surface area contributed by atoms with E-state index in [2.05, 4.69) is 15.3 Å². The van der Waals surface area contributed by atoms with Gasteiger partial charge in [-0.1, -0.05) is 0 Å². The molecule has 0 radical (unpaired) electrons. The standard InChI is InChI=1S/C15H16N4O3/c1-16-13-7-17-6-4-11(13)12-3-2-5-18-14(12)22-10-8-19(9-10)15(20)21/h2-7,10,16H,8-9H2,1H3,(H,20,21). The van der Waals surface area contributed by atoms with E-state index in [1.165, 1.54) is 4.90 Å². The van der Waals surface area contributed by atoms with Crippen molar-refractivity contribution in [2.75, 3.05) is 25.5 Å². The molecule has 22 heavy (non-hydrogen) atoms. The van der Waals surface area contributed by atoms with Crippen LogP contribution in [-0.2, 0) is 0 Å². The Hall–Kier alpha value is -2.83. The Balaban J connectivity index is 1.83. The normalized spacial score (nSPS) is 14.3. The first-order valence-corrected chi connectivity index (χ1v) is 6.90. The maximum Gasteiger partial charge on any atom is 0.407 e. The zero-order valence-corrected chi connectivity index (χ0v) is 12.1. The van der Waals surface area contributed by atoms with E-state index in [-0.39, 0.29) is 6.10 Å². The summed E-state index contributed by atoms with van der Waals surface area (Å²) in [6.45, 7) is 0.723. The highest BCUT2D eigenvalue weighted by Crippen LogP contribution is 2.33. The van der Waals surface area contributed by atoms with Gasteiger partial charge in [0.25, 0.3) is 0 Å². The summed E-state index contributed by atoms with van der Waals surface area (Å²) in [5.41, 5.74) is 2.67. The van der Waals surface area contributed by atoms with Crippen molar-refractivity contribution in [3.05, 3.63) is 36.8 Å². The van der Waals surface area contributed by atoms with Crippen molar-refractivity contribution in [3.63, 3.8) is 0 Å². The number of ether oxygens (including phenoxy) is 1. The Morgan fingerprint density at radius 2 is 2.18 bits per heavy atom. The Labute approximate surface area is 127 Å². The lowest BCUT2D eigenvalue weighted by Crippen LogP contribution is -2.55. The molecule has 0 aromatic carbocycles. The van der Waals surface area contributed by atoms with Crippen LogP contribution in [0.3, 0.4) is 0 Å². The molecule has 1 aliphatic heterocycles. The van der Waals surface area contributed by atoms with Crippen molar-refractivity contribution in [2.45, 2.75) is 6.10 Å². The molecule has 1 aliphatic rings. The molecule has 1 amide bonds. The number of anilines is 1. The second-order valence-electron chi connectivity index (χ2n) is 4.95. The molecule has 2 aromatic rings. The third kappa shape index (κ3) is 2.65. The SMILES string of the molecule is CNc1cnccc1-c1cccnc1OC1CN(C(=O)O)C1. The van der Waals surface area contributed by atoms with E-state index in [1.807, 2.05) is 25.2 Å². The van der Waals surface area contributed by atoms with Crippen LogP contribution in [0, 0.1) is 0 Å². The highest BCUT2D eigenvalue weighted by Gasteiger charge is 2.33. The number of amides is 1. The highest BCUT2D eigenvalue weighted by molar-refractivity contribution is 5.79. The van der Waals surface area contributed by atoms with Crippen molar-refractivity contribution >= 4 is 11.8 Å². The molecule has 0 spiro atoms. The number of rotatable bonds is 4. The monoisotopic (exact) mass is 300 g/mol. The largest absolute Gasteiger partial charge is 0.470 e. The number of carboxylic acid groups (broad SMARTS) is 1. The van der Waals surface area contributed by atoms with Crippen LogP contribution in [0.2, 0.25) is 0 Å². The van der Waals surface area contributed by atoms with Crippen LogP contribution in [0.25, 0.3) is 11.1 Å². The number of hydrogen-bond acceptors (Lipinski definition) is 5. The molecule has 3 heterocycles. The number of carbonyl (C=O) groups is 1. The fourth-order valence-corrected chi connectivity index (χ4v) is 2.34. The summed E-state index contributed by atoms with van der Waals surface area (Å²) < 4.78 is 5.85. The van der Waals surface area contributed by atoms with Crippen LogP contribution >= 0.6 is 0 Å². The number of nitrogens with zero attached hydrogens (tertiary/aromatic N) is 3. The Morgan fingerprint density at radius 3 is 2.91 bits per heavy atom. The fraction of sp³-hybridized carbons (Fsp3) is 0.267. The highest BCUT2D eigenvalue weighted by atomic mass is 16.5. The second kappa shape index (κ2) is 5.88. The van der Waals surface area contributed by atoms with Crippen molar-refractivity contribution < 1.29 is 14.6 Å². The fourth-order valence-electron chi connectivity index (χ4n) is 2.34. The summed E-state index contributed by atoms with van der Waals surface area (Å²) in [6, 6.07) is 5.65. The van der Waals surface area contributed by atoms with Crippen molar-refractivity contribution in [3.8, 4) is 17.0 Å². The van der Waals surface area contributed by atoms with E-state index in [0.717, 1.165) is 16.8 Å². The number of aromatic nitrogens is 2. The van der Waals surface area contributed by atoms with Gasteiger partial charge in [0, 0.05) is 30.6 Å². The van der Waals surface area contributed by atoms with Gasteiger partial charge in [-0.3, -0.25) is 4.98 Å². The number of pyridine rings is 2.